The van der Waals surface area contributed by atoms with E-state index in [1.807, 2.05) is 13.1 Å². The van der Waals surface area contributed by atoms with E-state index in [0.717, 1.165) is 11.3 Å². The lowest BCUT2D eigenvalue weighted by molar-refractivity contribution is 0.418. The van der Waals surface area contributed by atoms with E-state index in [2.05, 4.69) is 15.5 Å². The van der Waals surface area contributed by atoms with Crippen LogP contribution in [0.3, 0.4) is 0 Å². The molecular formula is C8H9ClN4O. The van der Waals surface area contributed by atoms with Gasteiger partial charge in [0.1, 0.15) is 12.0 Å². The fourth-order valence-electron chi connectivity index (χ4n) is 1.06. The van der Waals surface area contributed by atoms with E-state index >= 15 is 0 Å². The van der Waals surface area contributed by atoms with Crippen LogP contribution >= 0.6 is 11.6 Å². The zero-order chi connectivity index (χ0) is 9.97. The van der Waals surface area contributed by atoms with Crippen LogP contribution in [0.2, 0.25) is 0 Å². The summed E-state index contributed by atoms with van der Waals surface area (Å²) in [5, 5.41) is 11.3. The van der Waals surface area contributed by atoms with Gasteiger partial charge in [-0.25, -0.2) is 4.68 Å². The fraction of sp³-hybridized carbons (Fsp3) is 0.375. The molecule has 2 heterocycles. The number of nitrogens with zero attached hydrogens (tertiary/aromatic N) is 4. The second-order valence-corrected chi connectivity index (χ2v) is 3.64. The van der Waals surface area contributed by atoms with Crippen LogP contribution in [0.4, 0.5) is 0 Å². The van der Waals surface area contributed by atoms with Crippen molar-refractivity contribution in [2.75, 3.05) is 0 Å². The van der Waals surface area contributed by atoms with Gasteiger partial charge in [0.2, 0.25) is 0 Å². The SMILES string of the molecule is CC(Cl)c1cn(Cc2cnoc2)nn1. The van der Waals surface area contributed by atoms with E-state index in [-0.39, 0.29) is 5.38 Å². The van der Waals surface area contributed by atoms with Crippen LogP contribution in [0.5, 0.6) is 0 Å². The summed E-state index contributed by atoms with van der Waals surface area (Å²) in [6.45, 7) is 2.45. The highest BCUT2D eigenvalue weighted by Gasteiger charge is 2.07. The Hall–Kier alpha value is -1.36. The summed E-state index contributed by atoms with van der Waals surface area (Å²) in [5.41, 5.74) is 1.71. The van der Waals surface area contributed by atoms with Crippen molar-refractivity contribution in [3.05, 3.63) is 29.9 Å². The molecule has 0 saturated heterocycles. The molecule has 0 amide bonds. The van der Waals surface area contributed by atoms with Crippen LogP contribution in [0.15, 0.2) is 23.2 Å². The second kappa shape index (κ2) is 3.79. The number of hydrogen-bond donors (Lipinski definition) is 0. The lowest BCUT2D eigenvalue weighted by atomic mass is 10.3. The van der Waals surface area contributed by atoms with Crippen LogP contribution in [-0.2, 0) is 6.54 Å². The lowest BCUT2D eigenvalue weighted by Gasteiger charge is -1.94. The molecule has 0 bridgehead atoms. The minimum atomic E-state index is -0.119. The normalized spacial score (nSPS) is 13.0. The second-order valence-electron chi connectivity index (χ2n) is 2.99. The molecule has 0 N–H and O–H groups in total. The minimum Gasteiger partial charge on any atom is -0.364 e. The van der Waals surface area contributed by atoms with Crippen LogP contribution in [-0.4, -0.2) is 20.2 Å². The highest BCUT2D eigenvalue weighted by atomic mass is 35.5. The summed E-state index contributed by atoms with van der Waals surface area (Å²) in [4.78, 5) is 0. The molecule has 6 heteroatoms. The van der Waals surface area contributed by atoms with Gasteiger partial charge in [0.05, 0.1) is 24.3 Å². The molecule has 2 rings (SSSR count). The number of hydrogen-bond acceptors (Lipinski definition) is 4. The van der Waals surface area contributed by atoms with Crippen molar-refractivity contribution in [3.8, 4) is 0 Å². The molecular weight excluding hydrogens is 204 g/mol. The molecule has 0 saturated carbocycles. The maximum atomic E-state index is 5.85. The molecule has 1 unspecified atom stereocenters. The highest BCUT2D eigenvalue weighted by molar-refractivity contribution is 6.20. The van der Waals surface area contributed by atoms with Crippen molar-refractivity contribution >= 4 is 11.6 Å². The van der Waals surface area contributed by atoms with Gasteiger partial charge in [-0.2, -0.15) is 0 Å². The predicted molar refractivity (Wildman–Crippen MR) is 49.9 cm³/mol. The monoisotopic (exact) mass is 212 g/mol. The Bertz CT molecular complexity index is 395. The van der Waals surface area contributed by atoms with E-state index in [4.69, 9.17) is 16.1 Å². The first-order valence-corrected chi connectivity index (χ1v) is 4.61. The summed E-state index contributed by atoms with van der Waals surface area (Å²) in [6.07, 6.45) is 5.03. The molecule has 2 aromatic heterocycles. The molecule has 0 radical (unpaired) electrons. The standard InChI is InChI=1S/C8H9ClN4O/c1-6(9)8-4-13(12-11-8)3-7-2-10-14-5-7/h2,4-6H,3H2,1H3. The van der Waals surface area contributed by atoms with E-state index in [9.17, 15) is 0 Å². The summed E-state index contributed by atoms with van der Waals surface area (Å²) in [5.74, 6) is 0. The predicted octanol–water partition coefficient (Wildman–Crippen LogP) is 1.61. The van der Waals surface area contributed by atoms with E-state index in [1.54, 1.807) is 17.1 Å². The Morgan fingerprint density at radius 1 is 1.64 bits per heavy atom. The topological polar surface area (TPSA) is 56.7 Å². The van der Waals surface area contributed by atoms with Crippen molar-refractivity contribution in [2.45, 2.75) is 18.8 Å². The molecule has 74 valence electrons. The Kier molecular flexibility index (Phi) is 2.49. The molecule has 0 aliphatic heterocycles. The maximum absolute atomic E-state index is 5.85. The third kappa shape index (κ3) is 1.93. The van der Waals surface area contributed by atoms with Gasteiger partial charge in [-0.15, -0.1) is 16.7 Å². The van der Waals surface area contributed by atoms with E-state index in [1.165, 1.54) is 0 Å². The van der Waals surface area contributed by atoms with Gasteiger partial charge in [0, 0.05) is 5.56 Å². The first-order valence-electron chi connectivity index (χ1n) is 4.18. The fourth-order valence-corrected chi connectivity index (χ4v) is 1.16. The van der Waals surface area contributed by atoms with Crippen molar-refractivity contribution in [1.82, 2.24) is 20.2 Å². The first-order chi connectivity index (χ1) is 6.75. The largest absolute Gasteiger partial charge is 0.364 e. The van der Waals surface area contributed by atoms with Gasteiger partial charge in [-0.3, -0.25) is 0 Å². The van der Waals surface area contributed by atoms with Crippen molar-refractivity contribution in [3.63, 3.8) is 0 Å². The molecule has 1 atom stereocenters. The van der Waals surface area contributed by atoms with Crippen LogP contribution in [0, 0.1) is 0 Å². The Labute approximate surface area is 85.6 Å². The van der Waals surface area contributed by atoms with E-state index < -0.39 is 0 Å². The molecule has 0 aliphatic rings. The smallest absolute Gasteiger partial charge is 0.128 e. The van der Waals surface area contributed by atoms with Gasteiger partial charge in [-0.05, 0) is 6.92 Å². The average Bonchev–Trinajstić information content (AvgIpc) is 2.75. The summed E-state index contributed by atoms with van der Waals surface area (Å²) in [6, 6.07) is 0. The highest BCUT2D eigenvalue weighted by Crippen LogP contribution is 2.15. The van der Waals surface area contributed by atoms with Gasteiger partial charge in [-0.1, -0.05) is 10.4 Å². The zero-order valence-corrected chi connectivity index (χ0v) is 8.35. The van der Waals surface area contributed by atoms with Crippen LogP contribution in [0.1, 0.15) is 23.6 Å². The first kappa shape index (κ1) is 9.21. The summed E-state index contributed by atoms with van der Waals surface area (Å²) < 4.78 is 6.40. The van der Waals surface area contributed by atoms with Gasteiger partial charge in [0.25, 0.3) is 0 Å². The van der Waals surface area contributed by atoms with Crippen molar-refractivity contribution < 1.29 is 4.52 Å². The molecule has 14 heavy (non-hydrogen) atoms. The Morgan fingerprint density at radius 3 is 3.07 bits per heavy atom. The Morgan fingerprint density at radius 2 is 2.50 bits per heavy atom. The Balaban J connectivity index is 2.11. The number of alkyl halides is 1. The van der Waals surface area contributed by atoms with E-state index in [0.29, 0.717) is 6.54 Å². The summed E-state index contributed by atoms with van der Waals surface area (Å²) in [7, 11) is 0. The quantitative estimate of drug-likeness (QED) is 0.726. The third-order valence-corrected chi connectivity index (χ3v) is 2.02. The molecule has 2 aromatic rings. The molecule has 0 fully saturated rings. The minimum absolute atomic E-state index is 0.119. The number of halogens is 1. The van der Waals surface area contributed by atoms with Crippen LogP contribution < -0.4 is 0 Å². The molecule has 0 aromatic carbocycles. The van der Waals surface area contributed by atoms with Gasteiger partial charge in [0.15, 0.2) is 0 Å². The lowest BCUT2D eigenvalue weighted by Crippen LogP contribution is -1.98. The summed E-state index contributed by atoms with van der Waals surface area (Å²) >= 11 is 5.85. The van der Waals surface area contributed by atoms with Crippen molar-refractivity contribution in [2.24, 2.45) is 0 Å². The third-order valence-electron chi connectivity index (χ3n) is 1.79. The molecule has 0 spiro atoms. The maximum Gasteiger partial charge on any atom is 0.128 e. The molecule has 0 aliphatic carbocycles. The zero-order valence-electron chi connectivity index (χ0n) is 7.59. The van der Waals surface area contributed by atoms with Crippen molar-refractivity contribution in [1.29, 1.82) is 0 Å². The number of aromatic nitrogens is 4. The molecule has 5 nitrogen and oxygen atoms in total. The average molecular weight is 213 g/mol. The van der Waals surface area contributed by atoms with Gasteiger partial charge >= 0.3 is 0 Å². The van der Waals surface area contributed by atoms with Gasteiger partial charge < -0.3 is 4.52 Å². The number of rotatable bonds is 3. The van der Waals surface area contributed by atoms with Crippen LogP contribution in [0.25, 0.3) is 0 Å².